The van der Waals surface area contributed by atoms with Crippen LogP contribution in [0.4, 0.5) is 10.1 Å². The van der Waals surface area contributed by atoms with Crippen molar-refractivity contribution in [1.29, 1.82) is 0 Å². The first-order valence-electron chi connectivity index (χ1n) is 14.2. The Morgan fingerprint density at radius 3 is 2.07 bits per heavy atom. The average molecular weight is 595 g/mol. The van der Waals surface area contributed by atoms with Crippen LogP contribution in [0.25, 0.3) is 0 Å². The van der Waals surface area contributed by atoms with Crippen molar-refractivity contribution in [3.63, 3.8) is 0 Å². The summed E-state index contributed by atoms with van der Waals surface area (Å²) in [6, 6.07) is 13.5. The number of aliphatic hydroxyl groups excluding tert-OH is 2. The van der Waals surface area contributed by atoms with Gasteiger partial charge in [0, 0.05) is 50.3 Å². The number of aliphatic hydroxyl groups is 2. The van der Waals surface area contributed by atoms with Crippen LogP contribution in [0, 0.1) is 17.7 Å². The number of fused-ring (bicyclic) bond motifs is 2. The van der Waals surface area contributed by atoms with E-state index in [2.05, 4.69) is 4.90 Å². The minimum absolute atomic E-state index is 0.0489. The third-order valence-corrected chi connectivity index (χ3v) is 8.78. The molecule has 0 saturated carbocycles. The Morgan fingerprint density at radius 2 is 1.51 bits per heavy atom. The molecule has 3 aromatic carbocycles. The summed E-state index contributed by atoms with van der Waals surface area (Å²) in [4.78, 5) is 18.4. The number of benzene rings is 3. The first-order valence-corrected chi connectivity index (χ1v) is 14.2. The minimum atomic E-state index is -1.12. The zero-order chi connectivity index (χ0) is 30.2. The van der Waals surface area contributed by atoms with Crippen molar-refractivity contribution in [2.45, 2.75) is 12.0 Å². The van der Waals surface area contributed by atoms with E-state index >= 15 is 0 Å². The van der Waals surface area contributed by atoms with Gasteiger partial charge in [0.05, 0.1) is 33.4 Å². The number of rotatable bonds is 7. The summed E-state index contributed by atoms with van der Waals surface area (Å²) in [5.41, 5.74) is 2.84. The van der Waals surface area contributed by atoms with Crippen molar-refractivity contribution >= 4 is 11.6 Å². The fourth-order valence-corrected chi connectivity index (χ4v) is 6.62. The second-order valence-electron chi connectivity index (χ2n) is 10.9. The molecule has 2 heterocycles. The number of ether oxygens (including phenoxy) is 5. The first kappa shape index (κ1) is 28.9. The third kappa shape index (κ3) is 5.06. The molecule has 2 N–H and O–H groups in total. The van der Waals surface area contributed by atoms with Crippen LogP contribution in [-0.2, 0) is 4.79 Å². The quantitative estimate of drug-likeness (QED) is 0.426. The maximum atomic E-state index is 14.5. The SMILES string of the molecule is COc1cc(C2c3cc4c(cc3C(O)C(CO)C2C(=O)N2CCN(c3ccc(F)cc3)CC2)OCO4)cc(OC)c1OC. The molecule has 0 aromatic heterocycles. The lowest BCUT2D eigenvalue weighted by atomic mass is 9.64. The van der Waals surface area contributed by atoms with E-state index in [0.717, 1.165) is 5.69 Å². The van der Waals surface area contributed by atoms with Crippen LogP contribution in [0.15, 0.2) is 48.5 Å². The van der Waals surface area contributed by atoms with Crippen molar-refractivity contribution in [3.05, 3.63) is 71.0 Å². The zero-order valence-electron chi connectivity index (χ0n) is 24.3. The van der Waals surface area contributed by atoms with Gasteiger partial charge in [0.15, 0.2) is 23.0 Å². The monoisotopic (exact) mass is 594 g/mol. The third-order valence-electron chi connectivity index (χ3n) is 8.78. The molecular formula is C32H35FN2O8. The van der Waals surface area contributed by atoms with Gasteiger partial charge in [-0.15, -0.1) is 0 Å². The van der Waals surface area contributed by atoms with Crippen LogP contribution in [-0.4, -0.2) is 81.9 Å². The molecule has 4 unspecified atom stereocenters. The molecule has 3 aromatic rings. The number of hydrogen-bond donors (Lipinski definition) is 2. The topological polar surface area (TPSA) is 110 Å². The van der Waals surface area contributed by atoms with Crippen LogP contribution < -0.4 is 28.6 Å². The van der Waals surface area contributed by atoms with Crippen LogP contribution >= 0.6 is 0 Å². The Morgan fingerprint density at radius 1 is 0.907 bits per heavy atom. The van der Waals surface area contributed by atoms with E-state index in [1.165, 1.54) is 33.5 Å². The number of nitrogens with zero attached hydrogens (tertiary/aromatic N) is 2. The fraction of sp³-hybridized carbons (Fsp3) is 0.406. The molecule has 43 heavy (non-hydrogen) atoms. The van der Waals surface area contributed by atoms with Crippen molar-refractivity contribution in [3.8, 4) is 28.7 Å². The van der Waals surface area contributed by atoms with E-state index in [1.807, 2.05) is 6.07 Å². The maximum Gasteiger partial charge on any atom is 0.231 e. The summed E-state index contributed by atoms with van der Waals surface area (Å²) < 4.78 is 41.6. The molecule has 1 amide bonds. The minimum Gasteiger partial charge on any atom is -0.493 e. The summed E-state index contributed by atoms with van der Waals surface area (Å²) in [5.74, 6) is -0.439. The van der Waals surface area contributed by atoms with Crippen molar-refractivity contribution < 1.29 is 43.1 Å². The summed E-state index contributed by atoms with van der Waals surface area (Å²) in [6.07, 6.45) is -1.12. The molecule has 0 bridgehead atoms. The van der Waals surface area contributed by atoms with Gasteiger partial charge in [-0.25, -0.2) is 4.39 Å². The van der Waals surface area contributed by atoms with Crippen LogP contribution in [0.1, 0.15) is 28.7 Å². The number of carbonyl (C=O) groups excluding carboxylic acids is 1. The summed E-state index contributed by atoms with van der Waals surface area (Å²) in [5, 5.41) is 22.3. The van der Waals surface area contributed by atoms with Gasteiger partial charge in [-0.2, -0.15) is 0 Å². The highest BCUT2D eigenvalue weighted by molar-refractivity contribution is 5.82. The molecule has 1 aliphatic carbocycles. The Bertz CT molecular complexity index is 1470. The predicted octanol–water partition coefficient (Wildman–Crippen LogP) is 3.33. The van der Waals surface area contributed by atoms with E-state index in [-0.39, 0.29) is 18.5 Å². The number of methoxy groups -OCH3 is 3. The second kappa shape index (κ2) is 11.8. The predicted molar refractivity (Wildman–Crippen MR) is 155 cm³/mol. The number of amides is 1. The van der Waals surface area contributed by atoms with E-state index in [9.17, 15) is 19.4 Å². The van der Waals surface area contributed by atoms with Crippen LogP contribution in [0.3, 0.4) is 0 Å². The molecule has 3 aliphatic rings. The van der Waals surface area contributed by atoms with Gasteiger partial charge in [0.25, 0.3) is 0 Å². The van der Waals surface area contributed by atoms with Gasteiger partial charge < -0.3 is 43.7 Å². The maximum absolute atomic E-state index is 14.5. The smallest absolute Gasteiger partial charge is 0.231 e. The average Bonchev–Trinajstić information content (AvgIpc) is 3.51. The highest BCUT2D eigenvalue weighted by Gasteiger charge is 2.49. The van der Waals surface area contributed by atoms with Gasteiger partial charge >= 0.3 is 0 Å². The normalized spacial score (nSPS) is 22.7. The Labute approximate surface area is 249 Å². The van der Waals surface area contributed by atoms with Crippen molar-refractivity contribution in [1.82, 2.24) is 4.90 Å². The summed E-state index contributed by atoms with van der Waals surface area (Å²) >= 11 is 0. The number of anilines is 1. The zero-order valence-corrected chi connectivity index (χ0v) is 24.3. The van der Waals surface area contributed by atoms with E-state index in [4.69, 9.17) is 23.7 Å². The Hall–Kier alpha value is -4.22. The molecule has 4 atom stereocenters. The molecule has 0 radical (unpaired) electrons. The van der Waals surface area contributed by atoms with Gasteiger partial charge in [-0.3, -0.25) is 4.79 Å². The number of hydrogen-bond acceptors (Lipinski definition) is 9. The lowest BCUT2D eigenvalue weighted by Crippen LogP contribution is -2.53. The fourth-order valence-electron chi connectivity index (χ4n) is 6.62. The molecule has 0 spiro atoms. The number of piperazine rings is 1. The number of carbonyl (C=O) groups is 1. The lowest BCUT2D eigenvalue weighted by Gasteiger charge is -2.45. The molecule has 2 aliphatic heterocycles. The molecule has 1 fully saturated rings. The standard InChI is InChI=1S/C32H35FN2O8/c1-39-26-12-18(13-27(40-2)31(26)41-3)28-21-14-24-25(43-17-42-24)15-22(21)30(37)23(16-36)29(28)32(38)35-10-8-34(9-11-35)20-6-4-19(33)5-7-20/h4-7,12-15,23,28-30,36-37H,8-11,16-17H2,1-3H3. The Kier molecular flexibility index (Phi) is 7.93. The van der Waals surface area contributed by atoms with E-state index < -0.39 is 30.5 Å². The summed E-state index contributed by atoms with van der Waals surface area (Å²) in [7, 11) is 4.57. The molecule has 11 heteroatoms. The van der Waals surface area contributed by atoms with Gasteiger partial charge in [-0.1, -0.05) is 0 Å². The number of halogens is 1. The highest BCUT2D eigenvalue weighted by Crippen LogP contribution is 2.54. The molecule has 228 valence electrons. The lowest BCUT2D eigenvalue weighted by molar-refractivity contribution is -0.142. The van der Waals surface area contributed by atoms with E-state index in [0.29, 0.717) is 71.6 Å². The van der Waals surface area contributed by atoms with Gasteiger partial charge in [0.1, 0.15) is 5.82 Å². The summed E-state index contributed by atoms with van der Waals surface area (Å²) in [6.45, 7) is 1.60. The largest absolute Gasteiger partial charge is 0.493 e. The van der Waals surface area contributed by atoms with E-state index in [1.54, 1.807) is 35.2 Å². The van der Waals surface area contributed by atoms with Crippen LogP contribution in [0.2, 0.25) is 0 Å². The molecular weight excluding hydrogens is 559 g/mol. The molecule has 1 saturated heterocycles. The molecule has 6 rings (SSSR count). The van der Waals surface area contributed by atoms with Crippen molar-refractivity contribution in [2.24, 2.45) is 11.8 Å². The van der Waals surface area contributed by atoms with Gasteiger partial charge in [-0.05, 0) is 65.2 Å². The highest BCUT2D eigenvalue weighted by atomic mass is 19.1. The Balaban J connectivity index is 1.42. The molecule has 10 nitrogen and oxygen atoms in total. The van der Waals surface area contributed by atoms with Crippen LogP contribution in [0.5, 0.6) is 28.7 Å². The van der Waals surface area contributed by atoms with Crippen molar-refractivity contribution in [2.75, 3.05) is 65.8 Å². The van der Waals surface area contributed by atoms with Gasteiger partial charge in [0.2, 0.25) is 18.4 Å². The second-order valence-corrected chi connectivity index (χ2v) is 10.9. The first-order chi connectivity index (χ1) is 20.9.